The number of imide groups is 1. The van der Waals surface area contributed by atoms with Gasteiger partial charge in [-0.2, -0.15) is 0 Å². The van der Waals surface area contributed by atoms with Crippen molar-refractivity contribution >= 4 is 35.3 Å². The lowest BCUT2D eigenvalue weighted by Gasteiger charge is -2.33. The molecule has 5 amide bonds. The summed E-state index contributed by atoms with van der Waals surface area (Å²) in [6, 6.07) is 18.9. The average Bonchev–Trinajstić information content (AvgIpc) is 3.10. The van der Waals surface area contributed by atoms with Gasteiger partial charge in [0.2, 0.25) is 11.8 Å². The van der Waals surface area contributed by atoms with Gasteiger partial charge in [0.05, 0.1) is 12.6 Å². The summed E-state index contributed by atoms with van der Waals surface area (Å²) in [5.41, 5.74) is 1.72. The minimum Gasteiger partial charge on any atom is -0.452 e. The molecule has 49 heavy (non-hydrogen) atoms. The topological polar surface area (TPSA) is 139 Å². The maximum atomic E-state index is 15.0. The van der Waals surface area contributed by atoms with Crippen molar-refractivity contribution in [3.63, 3.8) is 0 Å². The standard InChI is InChI=1S/C36H35F2N5O6/c1-43(36(47)48-22-24-5-3-2-4-6-24)28-14-9-25(10-15-28)34(45)41-30-21-39-18-17-32(30)49-31-16-13-27(20-29(31)38)40-35(46)42-33(44)19-23-7-11-26(37)12-8-23/h2-8,11-13,16-18,20-21,25,28H,9-10,14-15,19,22H2,1H3,(H,41,45)(H2,40,42,44,46). The molecule has 1 aliphatic rings. The SMILES string of the molecule is CN(C(=O)OCc1ccccc1)C1CCC(C(=O)Nc2cnccc2Oc2ccc(NC(=O)NC(=O)Cc3ccc(F)cc3)cc2F)CC1. The van der Waals surface area contributed by atoms with E-state index in [1.807, 2.05) is 30.3 Å². The molecule has 0 spiro atoms. The Hall–Kier alpha value is -5.85. The third-order valence-electron chi connectivity index (χ3n) is 8.09. The molecule has 3 aromatic carbocycles. The minimum atomic E-state index is -0.872. The van der Waals surface area contributed by atoms with Gasteiger partial charge in [0, 0.05) is 43.0 Å². The van der Waals surface area contributed by atoms with E-state index in [1.165, 1.54) is 54.9 Å². The highest BCUT2D eigenvalue weighted by atomic mass is 19.1. The van der Waals surface area contributed by atoms with E-state index in [0.717, 1.165) is 11.6 Å². The first-order chi connectivity index (χ1) is 23.6. The van der Waals surface area contributed by atoms with Gasteiger partial charge in [-0.05, 0) is 61.1 Å². The second-order valence-electron chi connectivity index (χ2n) is 11.6. The van der Waals surface area contributed by atoms with Gasteiger partial charge in [-0.25, -0.2) is 18.4 Å². The van der Waals surface area contributed by atoms with Crippen LogP contribution in [0, 0.1) is 17.6 Å². The largest absolute Gasteiger partial charge is 0.452 e. The van der Waals surface area contributed by atoms with E-state index in [1.54, 1.807) is 11.9 Å². The van der Waals surface area contributed by atoms with Crippen molar-refractivity contribution in [1.29, 1.82) is 0 Å². The van der Waals surface area contributed by atoms with Crippen molar-refractivity contribution in [1.82, 2.24) is 15.2 Å². The van der Waals surface area contributed by atoms with Crippen LogP contribution in [0.2, 0.25) is 0 Å². The number of rotatable bonds is 10. The Morgan fingerprint density at radius 2 is 1.59 bits per heavy atom. The molecule has 0 atom stereocenters. The Kier molecular flexibility index (Phi) is 11.5. The van der Waals surface area contributed by atoms with E-state index in [-0.39, 0.29) is 53.8 Å². The zero-order valence-electron chi connectivity index (χ0n) is 26.7. The molecule has 0 radical (unpaired) electrons. The minimum absolute atomic E-state index is 0.0574. The Labute approximate surface area is 281 Å². The lowest BCUT2D eigenvalue weighted by atomic mass is 9.85. The number of carbonyl (C=O) groups excluding carboxylic acids is 4. The van der Waals surface area contributed by atoms with Crippen LogP contribution in [0.3, 0.4) is 0 Å². The fourth-order valence-electron chi connectivity index (χ4n) is 5.40. The molecule has 1 aliphatic carbocycles. The third-order valence-corrected chi connectivity index (χ3v) is 8.09. The quantitative estimate of drug-likeness (QED) is 0.168. The Bertz CT molecular complexity index is 1780. The molecular formula is C36H35F2N5O6. The van der Waals surface area contributed by atoms with Crippen LogP contribution in [0.5, 0.6) is 11.5 Å². The number of hydrogen-bond donors (Lipinski definition) is 3. The molecule has 5 rings (SSSR count). The van der Waals surface area contributed by atoms with Gasteiger partial charge >= 0.3 is 12.1 Å². The van der Waals surface area contributed by atoms with E-state index in [4.69, 9.17) is 9.47 Å². The normalized spacial score (nSPS) is 15.4. The molecule has 4 aromatic rings. The number of urea groups is 1. The summed E-state index contributed by atoms with van der Waals surface area (Å²) in [4.78, 5) is 55.8. The van der Waals surface area contributed by atoms with Crippen molar-refractivity contribution in [2.45, 2.75) is 44.8 Å². The van der Waals surface area contributed by atoms with E-state index in [9.17, 15) is 23.6 Å². The van der Waals surface area contributed by atoms with Crippen LogP contribution >= 0.6 is 0 Å². The molecule has 0 saturated heterocycles. The average molecular weight is 672 g/mol. The van der Waals surface area contributed by atoms with Crippen molar-refractivity contribution in [3.05, 3.63) is 114 Å². The van der Waals surface area contributed by atoms with Crippen LogP contribution in [0.4, 0.5) is 29.7 Å². The van der Waals surface area contributed by atoms with Gasteiger partial charge in [-0.1, -0.05) is 42.5 Å². The molecule has 11 nitrogen and oxygen atoms in total. The summed E-state index contributed by atoms with van der Waals surface area (Å²) in [5, 5.41) is 7.35. The monoisotopic (exact) mass is 671 g/mol. The second-order valence-corrected chi connectivity index (χ2v) is 11.6. The van der Waals surface area contributed by atoms with E-state index in [0.29, 0.717) is 31.2 Å². The smallest absolute Gasteiger partial charge is 0.410 e. The van der Waals surface area contributed by atoms with E-state index >= 15 is 4.39 Å². The summed E-state index contributed by atoms with van der Waals surface area (Å²) >= 11 is 0. The van der Waals surface area contributed by atoms with Gasteiger partial charge in [0.25, 0.3) is 0 Å². The molecule has 0 aliphatic heterocycles. The van der Waals surface area contributed by atoms with Crippen LogP contribution < -0.4 is 20.7 Å². The zero-order chi connectivity index (χ0) is 34.8. The number of carbonyl (C=O) groups is 4. The first-order valence-electron chi connectivity index (χ1n) is 15.7. The number of hydrogen-bond acceptors (Lipinski definition) is 7. The molecular weight excluding hydrogens is 636 g/mol. The van der Waals surface area contributed by atoms with Crippen molar-refractivity contribution in [2.75, 3.05) is 17.7 Å². The Morgan fingerprint density at radius 1 is 0.857 bits per heavy atom. The van der Waals surface area contributed by atoms with Crippen LogP contribution in [0.1, 0.15) is 36.8 Å². The summed E-state index contributed by atoms with van der Waals surface area (Å²) in [6.07, 6.45) is 4.62. The maximum Gasteiger partial charge on any atom is 0.410 e. The van der Waals surface area contributed by atoms with Gasteiger partial charge in [-0.3, -0.25) is 19.9 Å². The summed E-state index contributed by atoms with van der Waals surface area (Å²) in [6.45, 7) is 0.183. The number of halogens is 2. The molecule has 1 fully saturated rings. The molecule has 13 heteroatoms. The number of benzene rings is 3. The number of pyridine rings is 1. The highest BCUT2D eigenvalue weighted by Gasteiger charge is 2.31. The number of anilines is 2. The zero-order valence-corrected chi connectivity index (χ0v) is 26.7. The lowest BCUT2D eigenvalue weighted by molar-refractivity contribution is -0.121. The molecule has 0 bridgehead atoms. The predicted molar refractivity (Wildman–Crippen MR) is 177 cm³/mol. The fourth-order valence-corrected chi connectivity index (χ4v) is 5.40. The molecule has 3 N–H and O–H groups in total. The van der Waals surface area contributed by atoms with Gasteiger partial charge in [0.1, 0.15) is 18.1 Å². The van der Waals surface area contributed by atoms with Crippen molar-refractivity contribution in [2.24, 2.45) is 5.92 Å². The van der Waals surface area contributed by atoms with Crippen molar-refractivity contribution < 1.29 is 37.4 Å². The third kappa shape index (κ3) is 9.83. The second kappa shape index (κ2) is 16.3. The van der Waals surface area contributed by atoms with E-state index in [2.05, 4.69) is 20.9 Å². The first-order valence-corrected chi connectivity index (χ1v) is 15.7. The molecule has 1 heterocycles. The highest BCUT2D eigenvalue weighted by molar-refractivity contribution is 6.01. The highest BCUT2D eigenvalue weighted by Crippen LogP contribution is 2.33. The van der Waals surface area contributed by atoms with Gasteiger partial charge in [-0.15, -0.1) is 0 Å². The molecule has 0 unspecified atom stereocenters. The number of aromatic nitrogens is 1. The van der Waals surface area contributed by atoms with Gasteiger partial charge < -0.3 is 25.0 Å². The summed E-state index contributed by atoms with van der Waals surface area (Å²) < 4.78 is 39.3. The first kappa shape index (κ1) is 34.5. The van der Waals surface area contributed by atoms with Gasteiger partial charge in [0.15, 0.2) is 17.3 Å². The Morgan fingerprint density at radius 3 is 2.31 bits per heavy atom. The molecule has 1 saturated carbocycles. The van der Waals surface area contributed by atoms with Crippen LogP contribution in [0.15, 0.2) is 91.3 Å². The van der Waals surface area contributed by atoms with E-state index < -0.39 is 29.7 Å². The van der Waals surface area contributed by atoms with Crippen LogP contribution in [-0.4, -0.2) is 46.9 Å². The fraction of sp³-hybridized carbons (Fsp3) is 0.250. The number of amides is 5. The molecule has 1 aromatic heterocycles. The number of ether oxygens (including phenoxy) is 2. The molecule has 254 valence electrons. The Balaban J connectivity index is 1.10. The number of nitrogens with zero attached hydrogens (tertiary/aromatic N) is 2. The lowest BCUT2D eigenvalue weighted by Crippen LogP contribution is -2.41. The summed E-state index contributed by atoms with van der Waals surface area (Å²) in [7, 11) is 1.70. The van der Waals surface area contributed by atoms with Crippen molar-refractivity contribution in [3.8, 4) is 11.5 Å². The van der Waals surface area contributed by atoms with Crippen LogP contribution in [0.25, 0.3) is 0 Å². The maximum absolute atomic E-state index is 15.0. The predicted octanol–water partition coefficient (Wildman–Crippen LogP) is 6.81. The number of nitrogens with one attached hydrogen (secondary N) is 3. The van der Waals surface area contributed by atoms with Crippen LogP contribution in [-0.2, 0) is 27.4 Å². The summed E-state index contributed by atoms with van der Waals surface area (Å²) in [5.74, 6) is -2.46.